The highest BCUT2D eigenvalue weighted by Gasteiger charge is 2.33. The van der Waals surface area contributed by atoms with Crippen LogP contribution < -0.4 is 20.1 Å². The molecule has 15 heteroatoms. The number of pyridine rings is 1. The fourth-order valence-corrected chi connectivity index (χ4v) is 6.35. The van der Waals surface area contributed by atoms with Gasteiger partial charge < -0.3 is 25.1 Å². The normalized spacial score (nSPS) is 16.4. The first-order valence-corrected chi connectivity index (χ1v) is 16.1. The number of carbonyl (C=O) groups is 1. The maximum absolute atomic E-state index is 15.0. The van der Waals surface area contributed by atoms with Crippen LogP contribution in [0.15, 0.2) is 71.9 Å². The van der Waals surface area contributed by atoms with E-state index in [1.54, 1.807) is 24.4 Å². The molecule has 1 fully saturated rings. The number of carbonyl (C=O) groups excluding carboxylic acids is 1. The van der Waals surface area contributed by atoms with E-state index in [4.69, 9.17) is 9.47 Å². The smallest absolute Gasteiger partial charge is 0.293 e. The van der Waals surface area contributed by atoms with E-state index in [-0.39, 0.29) is 49.6 Å². The zero-order valence-corrected chi connectivity index (χ0v) is 25.4. The first-order valence-electron chi connectivity index (χ1n) is 14.6. The monoisotopic (exact) mass is 650 g/mol. The first-order chi connectivity index (χ1) is 22.1. The van der Waals surface area contributed by atoms with E-state index in [9.17, 15) is 23.3 Å². The average molecular weight is 651 g/mol. The molecule has 2 aliphatic heterocycles. The second-order valence-corrected chi connectivity index (χ2v) is 12.8. The van der Waals surface area contributed by atoms with Crippen molar-refractivity contribution in [2.45, 2.75) is 29.8 Å². The van der Waals surface area contributed by atoms with E-state index in [0.29, 0.717) is 17.9 Å². The van der Waals surface area contributed by atoms with E-state index < -0.39 is 37.1 Å². The van der Waals surface area contributed by atoms with Gasteiger partial charge in [0.1, 0.15) is 28.5 Å². The number of fused-ring (bicyclic) bond motifs is 1. The van der Waals surface area contributed by atoms with Crippen LogP contribution >= 0.6 is 0 Å². The lowest BCUT2D eigenvalue weighted by atomic mass is 9.96. The second-order valence-electron chi connectivity index (χ2n) is 11.1. The molecule has 1 saturated heterocycles. The number of nitrogens with zero attached hydrogens (tertiary/aromatic N) is 2. The number of amides is 1. The Morgan fingerprint density at radius 2 is 1.98 bits per heavy atom. The number of nitro benzene ring substituents is 1. The molecular formula is C31H31FN6O7S. The van der Waals surface area contributed by atoms with Crippen molar-refractivity contribution < 1.29 is 32.0 Å². The first kappa shape index (κ1) is 31.1. The van der Waals surface area contributed by atoms with Gasteiger partial charge >= 0.3 is 0 Å². The zero-order valence-electron chi connectivity index (χ0n) is 24.5. The van der Waals surface area contributed by atoms with Crippen LogP contribution in [0.25, 0.3) is 16.6 Å². The van der Waals surface area contributed by atoms with Crippen molar-refractivity contribution in [2.75, 3.05) is 38.2 Å². The van der Waals surface area contributed by atoms with Gasteiger partial charge in [0.15, 0.2) is 0 Å². The van der Waals surface area contributed by atoms with Gasteiger partial charge in [0.05, 0.1) is 21.6 Å². The third kappa shape index (κ3) is 6.85. The highest BCUT2D eigenvalue weighted by atomic mass is 32.2. The standard InChI is InChI=1S/C31H31FN6O7S/c32-31(8-13-44-14-9-31)19-36-26-4-2-24(17-27(26)38(40)41)46(42,43)37-30(39)25-3-1-21(20-5-10-33-11-6-20)16-28(25)45-23-15-22-7-12-34-29(22)35-18-23/h1-5,7,12,15-18,33,36H,6,8-11,13-14,19H2,(H,34,35)(H,37,39). The summed E-state index contributed by atoms with van der Waals surface area (Å²) in [6.45, 7) is 1.73. The Kier molecular flexibility index (Phi) is 8.71. The van der Waals surface area contributed by atoms with E-state index in [1.807, 2.05) is 16.9 Å². The number of hydrogen-bond acceptors (Lipinski definition) is 10. The molecule has 0 aliphatic carbocycles. The summed E-state index contributed by atoms with van der Waals surface area (Å²) in [5.74, 6) is -0.574. The molecule has 2 aromatic carbocycles. The molecule has 240 valence electrons. The molecule has 2 aliphatic rings. The van der Waals surface area contributed by atoms with Crippen molar-refractivity contribution in [3.8, 4) is 11.5 Å². The van der Waals surface area contributed by atoms with Crippen LogP contribution in [0.5, 0.6) is 11.5 Å². The predicted molar refractivity (Wildman–Crippen MR) is 168 cm³/mol. The van der Waals surface area contributed by atoms with Gasteiger partial charge in [-0.15, -0.1) is 0 Å². The Morgan fingerprint density at radius 1 is 1.15 bits per heavy atom. The lowest BCUT2D eigenvalue weighted by molar-refractivity contribution is -0.384. The van der Waals surface area contributed by atoms with Gasteiger partial charge in [0, 0.05) is 56.8 Å². The molecule has 46 heavy (non-hydrogen) atoms. The molecule has 0 saturated carbocycles. The minimum Gasteiger partial charge on any atom is -0.455 e. The molecule has 0 bridgehead atoms. The van der Waals surface area contributed by atoms with Crippen LogP contribution in [0.1, 0.15) is 35.2 Å². The number of hydrogen-bond donors (Lipinski definition) is 4. The third-order valence-corrected chi connectivity index (χ3v) is 9.28. The summed E-state index contributed by atoms with van der Waals surface area (Å²) in [7, 11) is -4.58. The summed E-state index contributed by atoms with van der Waals surface area (Å²) in [5, 5.41) is 18.6. The SMILES string of the molecule is O=C(NS(=O)(=O)c1ccc(NCC2(F)CCOCC2)c([N+](=O)[O-])c1)c1ccc(C2=CCNCC2)cc1Oc1cnc2[nH]ccc2c1. The number of ether oxygens (including phenoxy) is 2. The van der Waals surface area contributed by atoms with E-state index in [2.05, 4.69) is 20.6 Å². The molecular weight excluding hydrogens is 619 g/mol. The van der Waals surface area contributed by atoms with Crippen LogP contribution in [-0.4, -0.2) is 67.7 Å². The number of sulfonamides is 1. The lowest BCUT2D eigenvalue weighted by Crippen LogP contribution is -2.38. The van der Waals surface area contributed by atoms with Gasteiger partial charge in [-0.1, -0.05) is 12.1 Å². The predicted octanol–water partition coefficient (Wildman–Crippen LogP) is 4.69. The third-order valence-electron chi connectivity index (χ3n) is 7.95. The molecule has 0 atom stereocenters. The van der Waals surface area contributed by atoms with Crippen LogP contribution in [0.3, 0.4) is 0 Å². The minimum atomic E-state index is -4.58. The summed E-state index contributed by atoms with van der Waals surface area (Å²) in [6.07, 6.45) is 6.25. The maximum atomic E-state index is 15.0. The molecule has 4 heterocycles. The number of nitrogens with one attached hydrogen (secondary N) is 4. The zero-order chi connectivity index (χ0) is 32.3. The Labute approximate surface area is 263 Å². The molecule has 13 nitrogen and oxygen atoms in total. The topological polar surface area (TPSA) is 178 Å². The Hall–Kier alpha value is -4.86. The summed E-state index contributed by atoms with van der Waals surface area (Å²) in [4.78, 5) is 31.4. The van der Waals surface area contributed by atoms with Gasteiger partial charge in [-0.3, -0.25) is 14.9 Å². The molecule has 1 amide bonds. The van der Waals surface area contributed by atoms with E-state index >= 15 is 4.39 Å². The van der Waals surface area contributed by atoms with Gasteiger partial charge in [-0.2, -0.15) is 0 Å². The molecule has 2 aromatic heterocycles. The molecule has 4 N–H and O–H groups in total. The van der Waals surface area contributed by atoms with Gasteiger partial charge in [0.2, 0.25) is 0 Å². The Balaban J connectivity index is 1.26. The van der Waals surface area contributed by atoms with Crippen molar-refractivity contribution in [3.05, 3.63) is 88.2 Å². The van der Waals surface area contributed by atoms with Crippen molar-refractivity contribution >= 4 is 43.9 Å². The van der Waals surface area contributed by atoms with E-state index in [0.717, 1.165) is 41.6 Å². The number of anilines is 1. The highest BCUT2D eigenvalue weighted by Crippen LogP contribution is 2.33. The number of nitro groups is 1. The molecule has 6 rings (SSSR count). The second kappa shape index (κ2) is 12.9. The number of benzene rings is 2. The lowest BCUT2D eigenvalue weighted by Gasteiger charge is -2.29. The number of alkyl halides is 1. The van der Waals surface area contributed by atoms with Crippen molar-refractivity contribution in [1.29, 1.82) is 0 Å². The summed E-state index contributed by atoms with van der Waals surface area (Å²) >= 11 is 0. The largest absolute Gasteiger partial charge is 0.455 e. The van der Waals surface area contributed by atoms with Gasteiger partial charge in [-0.05, 0) is 60.5 Å². The molecule has 0 spiro atoms. The number of H-pyrrole nitrogens is 1. The van der Waals surface area contributed by atoms with Crippen molar-refractivity contribution in [3.63, 3.8) is 0 Å². The summed E-state index contributed by atoms with van der Waals surface area (Å²) < 4.78 is 55.0. The number of aromatic nitrogens is 2. The number of halogens is 1. The fourth-order valence-electron chi connectivity index (χ4n) is 5.36. The average Bonchev–Trinajstić information content (AvgIpc) is 3.52. The van der Waals surface area contributed by atoms with Crippen molar-refractivity contribution in [1.82, 2.24) is 20.0 Å². The van der Waals surface area contributed by atoms with Crippen LogP contribution in [0, 0.1) is 10.1 Å². The highest BCUT2D eigenvalue weighted by molar-refractivity contribution is 7.90. The summed E-state index contributed by atoms with van der Waals surface area (Å²) in [5.41, 5.74) is 0.169. The van der Waals surface area contributed by atoms with Gasteiger partial charge in [-0.25, -0.2) is 22.5 Å². The fraction of sp³-hybridized carbons (Fsp3) is 0.290. The summed E-state index contributed by atoms with van der Waals surface area (Å²) in [6, 6.07) is 11.5. The van der Waals surface area contributed by atoms with Crippen LogP contribution in [0.4, 0.5) is 15.8 Å². The van der Waals surface area contributed by atoms with Crippen LogP contribution in [0.2, 0.25) is 0 Å². The Bertz CT molecular complexity index is 1940. The van der Waals surface area contributed by atoms with Crippen LogP contribution in [-0.2, 0) is 14.8 Å². The Morgan fingerprint density at radius 3 is 2.74 bits per heavy atom. The quantitative estimate of drug-likeness (QED) is 0.139. The van der Waals surface area contributed by atoms with Crippen molar-refractivity contribution in [2.24, 2.45) is 0 Å². The molecule has 4 aromatic rings. The van der Waals surface area contributed by atoms with Gasteiger partial charge in [0.25, 0.3) is 21.6 Å². The molecule has 0 radical (unpaired) electrons. The number of aromatic amines is 1. The minimum absolute atomic E-state index is 0.0507. The van der Waals surface area contributed by atoms with E-state index in [1.165, 1.54) is 18.3 Å². The maximum Gasteiger partial charge on any atom is 0.293 e. The molecule has 0 unspecified atom stereocenters. The number of rotatable bonds is 10.